The van der Waals surface area contributed by atoms with Gasteiger partial charge in [-0.15, -0.1) is 10.2 Å². The molecule has 0 aromatic carbocycles. The Bertz CT molecular complexity index is 406. The minimum atomic E-state index is -0.187. The van der Waals surface area contributed by atoms with Crippen molar-refractivity contribution in [3.63, 3.8) is 0 Å². The van der Waals surface area contributed by atoms with Crippen LogP contribution in [-0.4, -0.2) is 47.2 Å². The lowest BCUT2D eigenvalue weighted by atomic mass is 10.1. The van der Waals surface area contributed by atoms with Crippen molar-refractivity contribution >= 4 is 28.8 Å². The van der Waals surface area contributed by atoms with Gasteiger partial charge in [0.2, 0.25) is 9.47 Å². The normalized spacial score (nSPS) is 17.9. The minimum Gasteiger partial charge on any atom is -0.350 e. The van der Waals surface area contributed by atoms with Gasteiger partial charge in [-0.2, -0.15) is 0 Å². The first-order valence-corrected chi connectivity index (χ1v) is 7.34. The predicted molar refractivity (Wildman–Crippen MR) is 72.1 cm³/mol. The van der Waals surface area contributed by atoms with E-state index < -0.39 is 0 Å². The lowest BCUT2D eigenvalue weighted by Gasteiger charge is -2.20. The Morgan fingerprint density at radius 1 is 1.50 bits per heavy atom. The average molecular weight is 289 g/mol. The molecule has 2 heterocycles. The van der Waals surface area contributed by atoms with Crippen LogP contribution in [0.1, 0.15) is 29.6 Å². The van der Waals surface area contributed by atoms with Crippen molar-refractivity contribution in [2.75, 3.05) is 26.2 Å². The Morgan fingerprint density at radius 3 is 2.83 bits per heavy atom. The third-order valence-electron chi connectivity index (χ3n) is 2.97. The van der Waals surface area contributed by atoms with E-state index in [1.165, 1.54) is 25.9 Å². The summed E-state index contributed by atoms with van der Waals surface area (Å²) in [6.07, 6.45) is 2.59. The molecule has 18 heavy (non-hydrogen) atoms. The molecule has 0 saturated carbocycles. The van der Waals surface area contributed by atoms with Crippen molar-refractivity contribution in [2.24, 2.45) is 5.92 Å². The lowest BCUT2D eigenvalue weighted by Crippen LogP contribution is -2.34. The smallest absolute Gasteiger partial charge is 0.282 e. The summed E-state index contributed by atoms with van der Waals surface area (Å²) in [5.74, 6) is 0.253. The highest BCUT2D eigenvalue weighted by molar-refractivity contribution is 7.17. The largest absolute Gasteiger partial charge is 0.350 e. The summed E-state index contributed by atoms with van der Waals surface area (Å²) in [5, 5.41) is 10.5. The first-order chi connectivity index (χ1) is 8.65. The Morgan fingerprint density at radius 2 is 2.22 bits per heavy atom. The zero-order valence-corrected chi connectivity index (χ0v) is 11.9. The standard InChI is InChI=1S/C11H17ClN4OS/c1-8(7-16-4-2-3-5-16)6-13-9(17)10-14-15-11(12)18-10/h8H,2-7H2,1H3,(H,13,17). The van der Waals surface area contributed by atoms with Crippen molar-refractivity contribution in [3.8, 4) is 0 Å². The van der Waals surface area contributed by atoms with Gasteiger partial charge in [-0.05, 0) is 43.5 Å². The highest BCUT2D eigenvalue weighted by atomic mass is 35.5. The fraction of sp³-hybridized carbons (Fsp3) is 0.727. The van der Waals surface area contributed by atoms with Crippen LogP contribution in [0.25, 0.3) is 0 Å². The third-order valence-corrected chi connectivity index (χ3v) is 3.99. The van der Waals surface area contributed by atoms with E-state index in [4.69, 9.17) is 11.6 Å². The van der Waals surface area contributed by atoms with E-state index in [-0.39, 0.29) is 5.91 Å². The van der Waals surface area contributed by atoms with Crippen LogP contribution in [0.5, 0.6) is 0 Å². The maximum atomic E-state index is 11.7. The number of carbonyl (C=O) groups is 1. The number of hydrogen-bond donors (Lipinski definition) is 1. The molecular weight excluding hydrogens is 272 g/mol. The maximum Gasteiger partial charge on any atom is 0.282 e. The average Bonchev–Trinajstić information content (AvgIpc) is 2.97. The molecule has 1 unspecified atom stereocenters. The summed E-state index contributed by atoms with van der Waals surface area (Å²) in [5.41, 5.74) is 0. The number of aromatic nitrogens is 2. The number of nitrogens with one attached hydrogen (secondary N) is 1. The van der Waals surface area contributed by atoms with Gasteiger partial charge in [-0.3, -0.25) is 4.79 Å². The molecule has 1 N–H and O–H groups in total. The van der Waals surface area contributed by atoms with Crippen LogP contribution in [-0.2, 0) is 0 Å². The first kappa shape index (κ1) is 13.7. The number of hydrogen-bond acceptors (Lipinski definition) is 5. The number of carbonyl (C=O) groups excluding carboxylic acids is 1. The van der Waals surface area contributed by atoms with Gasteiger partial charge in [0, 0.05) is 13.1 Å². The summed E-state index contributed by atoms with van der Waals surface area (Å²) in [6.45, 7) is 6.21. The van der Waals surface area contributed by atoms with Gasteiger partial charge in [-0.25, -0.2) is 0 Å². The zero-order valence-electron chi connectivity index (χ0n) is 10.4. The van der Waals surface area contributed by atoms with E-state index in [2.05, 4.69) is 27.3 Å². The van der Waals surface area contributed by atoms with Crippen LogP contribution < -0.4 is 5.32 Å². The van der Waals surface area contributed by atoms with Crippen molar-refractivity contribution in [1.29, 1.82) is 0 Å². The van der Waals surface area contributed by atoms with Crippen LogP contribution in [0, 0.1) is 5.92 Å². The van der Waals surface area contributed by atoms with Gasteiger partial charge in [0.25, 0.3) is 5.91 Å². The van der Waals surface area contributed by atoms with Crippen molar-refractivity contribution in [3.05, 3.63) is 9.47 Å². The number of rotatable bonds is 5. The van der Waals surface area contributed by atoms with E-state index >= 15 is 0 Å². The molecule has 1 aromatic heterocycles. The lowest BCUT2D eigenvalue weighted by molar-refractivity contribution is 0.0944. The molecule has 7 heteroatoms. The second kappa shape index (κ2) is 6.45. The Kier molecular flexibility index (Phi) is 4.91. The van der Waals surface area contributed by atoms with Gasteiger partial charge in [0.15, 0.2) is 0 Å². The summed E-state index contributed by atoms with van der Waals surface area (Å²) in [7, 11) is 0. The molecule has 1 aliphatic heterocycles. The first-order valence-electron chi connectivity index (χ1n) is 6.14. The molecule has 0 bridgehead atoms. The fourth-order valence-electron chi connectivity index (χ4n) is 2.11. The van der Waals surface area contributed by atoms with Crippen LogP contribution in [0.4, 0.5) is 0 Å². The Hall–Kier alpha value is -0.720. The molecule has 2 rings (SSSR count). The Balaban J connectivity index is 1.71. The van der Waals surface area contributed by atoms with Crippen LogP contribution >= 0.6 is 22.9 Å². The van der Waals surface area contributed by atoms with Gasteiger partial charge in [-0.1, -0.05) is 18.3 Å². The molecule has 0 radical (unpaired) electrons. The summed E-state index contributed by atoms with van der Waals surface area (Å²) in [6, 6.07) is 0. The monoisotopic (exact) mass is 288 g/mol. The molecule has 0 aliphatic carbocycles. The molecule has 0 spiro atoms. The van der Waals surface area contributed by atoms with E-state index in [9.17, 15) is 4.79 Å². The second-order valence-electron chi connectivity index (χ2n) is 4.68. The van der Waals surface area contributed by atoms with E-state index in [0.717, 1.165) is 17.9 Å². The van der Waals surface area contributed by atoms with Gasteiger partial charge < -0.3 is 10.2 Å². The number of nitrogens with zero attached hydrogens (tertiary/aromatic N) is 3. The molecule has 1 fully saturated rings. The molecule has 1 amide bonds. The van der Waals surface area contributed by atoms with Crippen LogP contribution in [0.3, 0.4) is 0 Å². The molecule has 1 aliphatic rings. The quantitative estimate of drug-likeness (QED) is 0.895. The fourth-order valence-corrected chi connectivity index (χ4v) is 2.85. The maximum absolute atomic E-state index is 11.7. The van der Waals surface area contributed by atoms with Crippen LogP contribution in [0.15, 0.2) is 0 Å². The molecule has 100 valence electrons. The SMILES string of the molecule is CC(CNC(=O)c1nnc(Cl)s1)CN1CCCC1. The Labute approximate surface area is 116 Å². The van der Waals surface area contributed by atoms with Gasteiger partial charge in [0.05, 0.1) is 0 Å². The van der Waals surface area contributed by atoms with E-state index in [1.807, 2.05) is 0 Å². The van der Waals surface area contributed by atoms with E-state index in [0.29, 0.717) is 21.9 Å². The number of likely N-dealkylation sites (tertiary alicyclic amines) is 1. The highest BCUT2D eigenvalue weighted by Gasteiger charge is 2.16. The van der Waals surface area contributed by atoms with Crippen LogP contribution in [0.2, 0.25) is 4.47 Å². The molecule has 1 atom stereocenters. The topological polar surface area (TPSA) is 58.1 Å². The van der Waals surface area contributed by atoms with E-state index in [1.54, 1.807) is 0 Å². The van der Waals surface area contributed by atoms with Crippen molar-refractivity contribution < 1.29 is 4.79 Å². The highest BCUT2D eigenvalue weighted by Crippen LogP contribution is 2.14. The zero-order chi connectivity index (χ0) is 13.0. The summed E-state index contributed by atoms with van der Waals surface area (Å²) < 4.78 is 0.297. The van der Waals surface area contributed by atoms with Crippen molar-refractivity contribution in [2.45, 2.75) is 19.8 Å². The molecule has 1 saturated heterocycles. The number of amides is 1. The summed E-state index contributed by atoms with van der Waals surface area (Å²) >= 11 is 6.74. The molecule has 1 aromatic rings. The second-order valence-corrected chi connectivity index (χ2v) is 6.24. The predicted octanol–water partition coefficient (Wildman–Crippen LogP) is 1.65. The third kappa shape index (κ3) is 3.90. The number of halogens is 1. The van der Waals surface area contributed by atoms with Gasteiger partial charge in [0.1, 0.15) is 0 Å². The minimum absolute atomic E-state index is 0.187. The van der Waals surface area contributed by atoms with Crippen molar-refractivity contribution in [1.82, 2.24) is 20.4 Å². The molecule has 5 nitrogen and oxygen atoms in total. The molecular formula is C11H17ClN4OS. The van der Waals surface area contributed by atoms with Gasteiger partial charge >= 0.3 is 0 Å². The summed E-state index contributed by atoms with van der Waals surface area (Å²) in [4.78, 5) is 14.2.